The van der Waals surface area contributed by atoms with Gasteiger partial charge in [-0.3, -0.25) is 38.4 Å². The average Bonchev–Trinajstić information content (AvgIpc) is 2.92. The predicted octanol–water partition coefficient (Wildman–Crippen LogP) is 0.534. The van der Waals surface area contributed by atoms with Gasteiger partial charge in [-0.25, -0.2) is 0 Å². The maximum atomic E-state index is 12.1. The van der Waals surface area contributed by atoms with Gasteiger partial charge in [-0.15, -0.1) is 0 Å². The fourth-order valence-corrected chi connectivity index (χ4v) is 7.10. The average molecular weight is 727 g/mol. The second-order valence-corrected chi connectivity index (χ2v) is 12.9. The van der Waals surface area contributed by atoms with Crippen LogP contribution >= 0.6 is 21.6 Å². The van der Waals surface area contributed by atoms with Crippen molar-refractivity contribution in [1.29, 1.82) is 0 Å². The number of ether oxygens (including phenoxy) is 10. The second-order valence-electron chi connectivity index (χ2n) is 10.3. The van der Waals surface area contributed by atoms with Crippen molar-refractivity contribution >= 4 is 69.3 Å². The van der Waals surface area contributed by atoms with Crippen LogP contribution in [0.4, 0.5) is 0 Å². The summed E-state index contributed by atoms with van der Waals surface area (Å²) in [5.74, 6) is -6.55. The van der Waals surface area contributed by atoms with E-state index in [0.717, 1.165) is 77.0 Å². The van der Waals surface area contributed by atoms with Crippen LogP contribution in [0.2, 0.25) is 0 Å². The molecule has 20 heteroatoms. The Morgan fingerprint density at radius 3 is 0.854 bits per heavy atom. The molecule has 2 rings (SSSR count). The molecule has 48 heavy (non-hydrogen) atoms. The molecule has 0 bridgehead atoms. The zero-order valence-corrected chi connectivity index (χ0v) is 29.0. The lowest BCUT2D eigenvalue weighted by atomic mass is 9.98. The Kier molecular flexibility index (Phi) is 15.9. The van der Waals surface area contributed by atoms with Gasteiger partial charge >= 0.3 is 47.8 Å². The summed E-state index contributed by atoms with van der Waals surface area (Å²) < 4.78 is 54.3. The van der Waals surface area contributed by atoms with Crippen molar-refractivity contribution in [3.63, 3.8) is 0 Å². The van der Waals surface area contributed by atoms with E-state index in [1.807, 2.05) is 0 Å². The second kappa shape index (κ2) is 18.8. The molecule has 2 aliphatic heterocycles. The van der Waals surface area contributed by atoms with E-state index in [2.05, 4.69) is 0 Å². The van der Waals surface area contributed by atoms with Crippen LogP contribution in [0.15, 0.2) is 0 Å². The fourth-order valence-electron chi connectivity index (χ4n) is 4.73. The minimum Gasteiger partial charge on any atom is -0.456 e. The van der Waals surface area contributed by atoms with E-state index in [1.165, 1.54) is 0 Å². The van der Waals surface area contributed by atoms with Gasteiger partial charge in [-0.1, -0.05) is 21.6 Å². The SMILES string of the molecule is CC(=O)O[C@@H]1O[C@H](CSSC[C@H]2O[C@@H](OC(C)=O)[C@H](OC(C)=O)[C@@H](OC(C)=O)[C@@H]2OC(C)=O)[C@@H](OC(C)=O)[C@H](OC(C)=O)[C@H]1OC(C)=O. The van der Waals surface area contributed by atoms with E-state index in [9.17, 15) is 38.4 Å². The first kappa shape index (κ1) is 40.6. The van der Waals surface area contributed by atoms with Gasteiger partial charge in [0.15, 0.2) is 24.4 Å². The number of carbonyl (C=O) groups is 8. The monoisotopic (exact) mass is 726 g/mol. The van der Waals surface area contributed by atoms with Crippen molar-refractivity contribution in [3.8, 4) is 0 Å². The smallest absolute Gasteiger partial charge is 0.305 e. The van der Waals surface area contributed by atoms with Gasteiger partial charge in [0.2, 0.25) is 24.8 Å². The topological polar surface area (TPSA) is 229 Å². The molecule has 2 fully saturated rings. The van der Waals surface area contributed by atoms with E-state index in [1.54, 1.807) is 0 Å². The summed E-state index contributed by atoms with van der Waals surface area (Å²) >= 11 is 0. The van der Waals surface area contributed by atoms with E-state index in [-0.39, 0.29) is 11.5 Å². The number of carbonyl (C=O) groups excluding carboxylic acids is 8. The zero-order valence-electron chi connectivity index (χ0n) is 27.4. The summed E-state index contributed by atoms with van der Waals surface area (Å²) in [6.07, 6.45) is -13.9. The van der Waals surface area contributed by atoms with Crippen LogP contribution < -0.4 is 0 Å². The molecule has 2 saturated heterocycles. The number of esters is 8. The number of hydrogen-bond donors (Lipinski definition) is 0. The molecule has 0 aromatic heterocycles. The fraction of sp³-hybridized carbons (Fsp3) is 0.714. The molecule has 0 saturated carbocycles. The Hall–Kier alpha value is -3.62. The Balaban J connectivity index is 2.35. The zero-order chi connectivity index (χ0) is 36.3. The Labute approximate surface area is 283 Å². The lowest BCUT2D eigenvalue weighted by Gasteiger charge is -2.44. The van der Waals surface area contributed by atoms with Gasteiger partial charge in [0.05, 0.1) is 0 Å². The Morgan fingerprint density at radius 2 is 0.604 bits per heavy atom. The van der Waals surface area contributed by atoms with Crippen molar-refractivity contribution < 1.29 is 85.7 Å². The first-order chi connectivity index (χ1) is 22.4. The molecule has 0 aliphatic carbocycles. The molecule has 0 radical (unpaired) electrons. The van der Waals surface area contributed by atoms with Crippen molar-refractivity contribution in [3.05, 3.63) is 0 Å². The Morgan fingerprint density at radius 1 is 0.375 bits per heavy atom. The van der Waals surface area contributed by atoms with Gasteiger partial charge in [0, 0.05) is 66.9 Å². The van der Waals surface area contributed by atoms with Crippen molar-refractivity contribution in [1.82, 2.24) is 0 Å². The maximum Gasteiger partial charge on any atom is 0.305 e. The largest absolute Gasteiger partial charge is 0.456 e. The molecule has 0 N–H and O–H groups in total. The summed E-state index contributed by atoms with van der Waals surface area (Å²) in [7, 11) is 2.19. The highest BCUT2D eigenvalue weighted by molar-refractivity contribution is 8.76. The normalized spacial score (nSPS) is 29.7. The third-order valence-corrected chi connectivity index (χ3v) is 8.52. The molecule has 0 unspecified atom stereocenters. The van der Waals surface area contributed by atoms with E-state index < -0.39 is 109 Å². The van der Waals surface area contributed by atoms with Crippen LogP contribution in [0.25, 0.3) is 0 Å². The lowest BCUT2D eigenvalue weighted by molar-refractivity contribution is -0.292. The van der Waals surface area contributed by atoms with Crippen LogP contribution in [0, 0.1) is 0 Å². The van der Waals surface area contributed by atoms with Crippen LogP contribution in [-0.2, 0) is 85.7 Å². The number of rotatable bonds is 13. The summed E-state index contributed by atoms with van der Waals surface area (Å²) in [4.78, 5) is 95.7. The van der Waals surface area contributed by atoms with Gasteiger partial charge < -0.3 is 47.4 Å². The van der Waals surface area contributed by atoms with Gasteiger partial charge in [0.25, 0.3) is 0 Å². The van der Waals surface area contributed by atoms with Crippen LogP contribution in [0.5, 0.6) is 0 Å². The van der Waals surface area contributed by atoms with Gasteiger partial charge in [-0.2, -0.15) is 0 Å². The molecular weight excluding hydrogens is 688 g/mol. The molecule has 0 spiro atoms. The van der Waals surface area contributed by atoms with Crippen molar-refractivity contribution in [2.45, 2.75) is 117 Å². The molecule has 10 atom stereocenters. The van der Waals surface area contributed by atoms with Crippen LogP contribution in [-0.4, -0.2) is 121 Å². The maximum absolute atomic E-state index is 12.1. The first-order valence-electron chi connectivity index (χ1n) is 14.3. The third-order valence-electron chi connectivity index (χ3n) is 6.11. The highest BCUT2D eigenvalue weighted by atomic mass is 33.1. The third kappa shape index (κ3) is 12.8. The minimum atomic E-state index is -1.56. The van der Waals surface area contributed by atoms with E-state index in [4.69, 9.17) is 47.4 Å². The minimum absolute atomic E-state index is 0.0350. The molecule has 0 aromatic rings. The predicted molar refractivity (Wildman–Crippen MR) is 159 cm³/mol. The molecule has 270 valence electrons. The molecular formula is C28H38O18S2. The Bertz CT molecular complexity index is 1130. The molecule has 0 amide bonds. The summed E-state index contributed by atoms with van der Waals surface area (Å²) in [5, 5.41) is 0. The standard InChI is InChI=1S/C28H38O18S2/c1-11(29)37-21-19(45-27(43-17(7)35)25(41-15(5)33)23(21)39-13(3)31)9-47-48-10-20-22(38-12(2)30)24(40-14(4)32)26(42-16(6)34)28(46-20)44-18(8)36/h19-28H,9-10H2,1-8H3/t19-,20-,21-,22-,23+,24+,25-,26-,27-,28-/m1/s1. The quantitative estimate of drug-likeness (QED) is 0.109. The van der Waals surface area contributed by atoms with E-state index in [0.29, 0.717) is 0 Å². The first-order valence-corrected chi connectivity index (χ1v) is 16.8. The summed E-state index contributed by atoms with van der Waals surface area (Å²) in [6, 6.07) is 0. The highest BCUT2D eigenvalue weighted by Crippen LogP contribution is 2.37. The highest BCUT2D eigenvalue weighted by Gasteiger charge is 2.55. The number of hydrogen-bond acceptors (Lipinski definition) is 20. The summed E-state index contributed by atoms with van der Waals surface area (Å²) in [5.41, 5.74) is 0. The van der Waals surface area contributed by atoms with Crippen molar-refractivity contribution in [2.24, 2.45) is 0 Å². The molecule has 2 aliphatic rings. The molecule has 0 aromatic carbocycles. The molecule has 2 heterocycles. The lowest BCUT2D eigenvalue weighted by Crippen LogP contribution is -2.62. The van der Waals surface area contributed by atoms with Gasteiger partial charge in [0.1, 0.15) is 12.2 Å². The van der Waals surface area contributed by atoms with E-state index >= 15 is 0 Å². The van der Waals surface area contributed by atoms with Crippen LogP contribution in [0.3, 0.4) is 0 Å². The van der Waals surface area contributed by atoms with Crippen LogP contribution in [0.1, 0.15) is 55.4 Å². The molecule has 18 nitrogen and oxygen atoms in total. The van der Waals surface area contributed by atoms with Gasteiger partial charge in [-0.05, 0) is 0 Å². The van der Waals surface area contributed by atoms with Crippen molar-refractivity contribution in [2.75, 3.05) is 11.5 Å². The summed E-state index contributed by atoms with van der Waals surface area (Å²) in [6.45, 7) is 8.64.